The van der Waals surface area contributed by atoms with Crippen LogP contribution in [0.15, 0.2) is 42.5 Å². The number of benzene rings is 2. The molecule has 0 spiro atoms. The summed E-state index contributed by atoms with van der Waals surface area (Å²) in [6.45, 7) is 0.254. The summed E-state index contributed by atoms with van der Waals surface area (Å²) >= 11 is 0. The van der Waals surface area contributed by atoms with E-state index in [1.54, 1.807) is 31.3 Å². The molecule has 2 aromatic carbocycles. The molecular weight excluding hydrogens is 271 g/mol. The van der Waals surface area contributed by atoms with Crippen LogP contribution in [0.25, 0.3) is 0 Å². The number of phenolic OH excluding ortho intramolecular Hbond substituents is 1. The lowest BCUT2D eigenvalue weighted by Gasteiger charge is -2.18. The van der Waals surface area contributed by atoms with E-state index in [9.17, 15) is 14.3 Å². The van der Waals surface area contributed by atoms with E-state index < -0.39 is 11.7 Å². The van der Waals surface area contributed by atoms with Crippen LogP contribution in [-0.4, -0.2) is 23.0 Å². The Morgan fingerprint density at radius 3 is 2.81 bits per heavy atom. The molecule has 21 heavy (non-hydrogen) atoms. The minimum absolute atomic E-state index is 0.0889. The zero-order valence-electron chi connectivity index (χ0n) is 11.4. The van der Waals surface area contributed by atoms with Gasteiger partial charge in [0.05, 0.1) is 17.2 Å². The third-order valence-electron chi connectivity index (χ3n) is 3.01. The summed E-state index contributed by atoms with van der Waals surface area (Å²) in [7, 11) is 1.55. The predicted octanol–water partition coefficient (Wildman–Crippen LogP) is 2.68. The summed E-state index contributed by atoms with van der Waals surface area (Å²) in [6, 6.07) is 12.1. The van der Waals surface area contributed by atoms with Crippen LogP contribution in [0.5, 0.6) is 5.75 Å². The monoisotopic (exact) mass is 284 g/mol. The molecule has 0 aliphatic rings. The number of amides is 1. The average molecular weight is 284 g/mol. The minimum Gasteiger partial charge on any atom is -0.507 e. The van der Waals surface area contributed by atoms with Crippen LogP contribution in [0.1, 0.15) is 21.5 Å². The molecule has 0 heterocycles. The summed E-state index contributed by atoms with van der Waals surface area (Å²) in [5.74, 6) is -1.34. The maximum atomic E-state index is 13.2. The van der Waals surface area contributed by atoms with E-state index >= 15 is 0 Å². The van der Waals surface area contributed by atoms with Crippen LogP contribution in [0, 0.1) is 17.1 Å². The summed E-state index contributed by atoms with van der Waals surface area (Å²) in [6.07, 6.45) is 0. The van der Waals surface area contributed by atoms with Gasteiger partial charge in [-0.2, -0.15) is 5.26 Å². The summed E-state index contributed by atoms with van der Waals surface area (Å²) in [5, 5.41) is 18.5. The minimum atomic E-state index is -0.587. The number of hydrogen-bond donors (Lipinski definition) is 1. The number of carbonyl (C=O) groups excluding carboxylic acids is 1. The average Bonchev–Trinajstić information content (AvgIpc) is 2.49. The molecule has 4 nitrogen and oxygen atoms in total. The number of rotatable bonds is 3. The molecule has 0 bridgehead atoms. The smallest absolute Gasteiger partial charge is 0.257 e. The Balaban J connectivity index is 2.19. The Labute approximate surface area is 121 Å². The van der Waals surface area contributed by atoms with E-state index in [1.807, 2.05) is 6.07 Å². The topological polar surface area (TPSA) is 64.3 Å². The van der Waals surface area contributed by atoms with Crippen molar-refractivity contribution in [3.8, 4) is 11.8 Å². The first-order chi connectivity index (χ1) is 10.0. The number of aromatic hydroxyl groups is 1. The highest BCUT2D eigenvalue weighted by atomic mass is 19.1. The first-order valence-corrected chi connectivity index (χ1v) is 6.24. The molecule has 2 rings (SSSR count). The number of phenols is 1. The molecule has 0 fully saturated rings. The van der Waals surface area contributed by atoms with Gasteiger partial charge in [0.1, 0.15) is 11.6 Å². The van der Waals surface area contributed by atoms with Crippen LogP contribution in [0.4, 0.5) is 4.39 Å². The highest BCUT2D eigenvalue weighted by molar-refractivity contribution is 5.96. The van der Waals surface area contributed by atoms with Crippen LogP contribution >= 0.6 is 0 Å². The Morgan fingerprint density at radius 1 is 1.33 bits per heavy atom. The van der Waals surface area contributed by atoms with Crippen LogP contribution in [0.3, 0.4) is 0 Å². The zero-order chi connectivity index (χ0) is 15.4. The SMILES string of the molecule is CN(Cc1cccc(C#N)c1)C(=O)c1cc(F)ccc1O. The third kappa shape index (κ3) is 3.37. The Hall–Kier alpha value is -2.87. The van der Waals surface area contributed by atoms with Crippen molar-refractivity contribution in [1.29, 1.82) is 5.26 Å². The second-order valence-corrected chi connectivity index (χ2v) is 4.63. The van der Waals surface area contributed by atoms with Crippen molar-refractivity contribution in [3.05, 3.63) is 65.0 Å². The second-order valence-electron chi connectivity index (χ2n) is 4.63. The van der Waals surface area contributed by atoms with Gasteiger partial charge >= 0.3 is 0 Å². The largest absolute Gasteiger partial charge is 0.507 e. The fraction of sp³-hybridized carbons (Fsp3) is 0.125. The van der Waals surface area contributed by atoms with Gasteiger partial charge in [0, 0.05) is 13.6 Å². The Morgan fingerprint density at radius 2 is 2.10 bits per heavy atom. The molecule has 0 aromatic heterocycles. The van der Waals surface area contributed by atoms with Gasteiger partial charge in [0.2, 0.25) is 0 Å². The number of halogens is 1. The fourth-order valence-electron chi connectivity index (χ4n) is 1.97. The van der Waals surface area contributed by atoms with Crippen LogP contribution in [0.2, 0.25) is 0 Å². The lowest BCUT2D eigenvalue weighted by molar-refractivity contribution is 0.0781. The molecule has 0 radical (unpaired) electrons. The van der Waals surface area contributed by atoms with Crippen molar-refractivity contribution in [3.63, 3.8) is 0 Å². The summed E-state index contributed by atoms with van der Waals surface area (Å²) in [4.78, 5) is 13.6. The van der Waals surface area contributed by atoms with Gasteiger partial charge in [0.15, 0.2) is 0 Å². The quantitative estimate of drug-likeness (QED) is 0.942. The lowest BCUT2D eigenvalue weighted by atomic mass is 10.1. The van der Waals surface area contributed by atoms with Crippen LogP contribution in [-0.2, 0) is 6.54 Å². The van der Waals surface area contributed by atoms with Crippen molar-refractivity contribution < 1.29 is 14.3 Å². The normalized spacial score (nSPS) is 9.95. The van der Waals surface area contributed by atoms with Crippen molar-refractivity contribution >= 4 is 5.91 Å². The second kappa shape index (κ2) is 6.06. The molecule has 0 unspecified atom stereocenters. The molecule has 5 heteroatoms. The van der Waals surface area contributed by atoms with E-state index in [1.165, 1.54) is 4.90 Å². The molecule has 1 N–H and O–H groups in total. The van der Waals surface area contributed by atoms with Crippen molar-refractivity contribution in [2.24, 2.45) is 0 Å². The van der Waals surface area contributed by atoms with E-state index in [0.717, 1.165) is 23.8 Å². The van der Waals surface area contributed by atoms with Crippen LogP contribution < -0.4 is 0 Å². The number of hydrogen-bond acceptors (Lipinski definition) is 3. The van der Waals surface area contributed by atoms with E-state index in [4.69, 9.17) is 5.26 Å². The van der Waals surface area contributed by atoms with E-state index in [2.05, 4.69) is 0 Å². The van der Waals surface area contributed by atoms with Gasteiger partial charge < -0.3 is 10.0 Å². The molecular formula is C16H13FN2O2. The Bertz CT molecular complexity index is 722. The van der Waals surface area contributed by atoms with Gasteiger partial charge in [-0.1, -0.05) is 12.1 Å². The van der Waals surface area contributed by atoms with Crippen molar-refractivity contribution in [1.82, 2.24) is 4.90 Å². The van der Waals surface area contributed by atoms with Crippen molar-refractivity contribution in [2.75, 3.05) is 7.05 Å². The Kier molecular flexibility index (Phi) is 4.19. The van der Waals surface area contributed by atoms with Crippen molar-refractivity contribution in [2.45, 2.75) is 6.54 Å². The predicted molar refractivity (Wildman–Crippen MR) is 75.0 cm³/mol. The molecule has 2 aromatic rings. The summed E-state index contributed by atoms with van der Waals surface area (Å²) in [5.41, 5.74) is 1.19. The molecule has 0 aliphatic heterocycles. The molecule has 106 valence electrons. The molecule has 0 saturated carbocycles. The van der Waals surface area contributed by atoms with Gasteiger partial charge in [-0.15, -0.1) is 0 Å². The molecule has 1 amide bonds. The number of carbonyl (C=O) groups is 1. The lowest BCUT2D eigenvalue weighted by Crippen LogP contribution is -2.26. The highest BCUT2D eigenvalue weighted by Gasteiger charge is 2.17. The highest BCUT2D eigenvalue weighted by Crippen LogP contribution is 2.20. The fourth-order valence-corrected chi connectivity index (χ4v) is 1.97. The first kappa shape index (κ1) is 14.5. The first-order valence-electron chi connectivity index (χ1n) is 6.24. The van der Waals surface area contributed by atoms with Gasteiger partial charge in [-0.3, -0.25) is 4.79 Å². The van der Waals surface area contributed by atoms with Gasteiger partial charge in [-0.25, -0.2) is 4.39 Å². The molecule has 0 aliphatic carbocycles. The van der Waals surface area contributed by atoms with E-state index in [0.29, 0.717) is 5.56 Å². The van der Waals surface area contributed by atoms with E-state index in [-0.39, 0.29) is 17.9 Å². The molecule has 0 atom stereocenters. The zero-order valence-corrected chi connectivity index (χ0v) is 11.4. The number of nitriles is 1. The molecule has 0 saturated heterocycles. The standard InChI is InChI=1S/C16H13FN2O2/c1-19(10-12-4-2-3-11(7-12)9-18)16(21)14-8-13(17)5-6-15(14)20/h2-8,20H,10H2,1H3. The van der Waals surface area contributed by atoms with Gasteiger partial charge in [0.25, 0.3) is 5.91 Å². The maximum Gasteiger partial charge on any atom is 0.257 e. The third-order valence-corrected chi connectivity index (χ3v) is 3.01. The number of nitrogens with zero attached hydrogens (tertiary/aromatic N) is 2. The maximum absolute atomic E-state index is 13.2. The van der Waals surface area contributed by atoms with Gasteiger partial charge in [-0.05, 0) is 35.9 Å². The summed E-state index contributed by atoms with van der Waals surface area (Å²) < 4.78 is 13.2.